The number of urea groups is 1. The molecule has 414 valence electrons. The highest BCUT2D eigenvalue weighted by atomic mass is 28.4. The number of anilines is 1. The maximum absolute atomic E-state index is 14.2. The monoisotopic (exact) mass is 1060 g/mol. The minimum Gasteiger partial charge on any atom is -0.461 e. The molecule has 0 radical (unpaired) electrons. The largest absolute Gasteiger partial charge is 0.461 e. The number of nitrogens with one attached hydrogen (secondary N) is 4. The van der Waals surface area contributed by atoms with E-state index in [1.165, 1.54) is 0 Å². The number of rotatable bonds is 27. The smallest absolute Gasteiger partial charge is 0.407 e. The number of likely N-dealkylation sites (N-methyl/N-ethyl adjacent to an activating group) is 1. The molecule has 2 aromatic rings. The maximum atomic E-state index is 14.2. The van der Waals surface area contributed by atoms with Gasteiger partial charge < -0.3 is 53.7 Å². The fraction of sp³-hybridized carbons (Fsp3) is 0.614. The number of carbonyl (C=O) groups is 3. The zero-order valence-corrected chi connectivity index (χ0v) is 47.9. The molecule has 1 fully saturated rings. The SMILES string of the molecule is CC/N=C1/C=C2Oc3cc(NCC)c(C)cc3C(c3ccccc3C(=O)N(C)CCOC(=O)NCCCOCCOCCOCCCNC3NC(=O)N(C4CC(O[Si](C)(C)C(C)(C)C)C(CC)O4)C=C3C)C2C=C1C. The van der Waals surface area contributed by atoms with Gasteiger partial charge in [0.05, 0.1) is 50.9 Å². The molecule has 0 spiro atoms. The van der Waals surface area contributed by atoms with Gasteiger partial charge in [-0.2, -0.15) is 0 Å². The number of fused-ring (bicyclic) bond motifs is 2. The molecule has 4 N–H and O–H groups in total. The fourth-order valence-electron chi connectivity index (χ4n) is 9.51. The third-order valence-electron chi connectivity index (χ3n) is 14.7. The lowest BCUT2D eigenvalue weighted by molar-refractivity contribution is -0.0326. The molecule has 1 saturated heterocycles. The molecule has 18 heteroatoms. The van der Waals surface area contributed by atoms with Crippen LogP contribution in [0.1, 0.15) is 114 Å². The van der Waals surface area contributed by atoms with Crippen LogP contribution < -0.4 is 26.0 Å². The lowest BCUT2D eigenvalue weighted by Gasteiger charge is -2.39. The molecule has 1 aliphatic carbocycles. The van der Waals surface area contributed by atoms with Crippen molar-refractivity contribution in [2.75, 3.05) is 91.3 Å². The van der Waals surface area contributed by atoms with E-state index in [1.807, 2.05) is 50.4 Å². The summed E-state index contributed by atoms with van der Waals surface area (Å²) in [6, 6.07) is 11.8. The van der Waals surface area contributed by atoms with Crippen LogP contribution in [0, 0.1) is 12.8 Å². The average Bonchev–Trinajstić information content (AvgIpc) is 3.77. The van der Waals surface area contributed by atoms with Crippen molar-refractivity contribution in [3.63, 3.8) is 0 Å². The first kappa shape index (κ1) is 59.2. The third-order valence-corrected chi connectivity index (χ3v) is 19.2. The molecular weight excluding hydrogens is 971 g/mol. The first-order valence-corrected chi connectivity index (χ1v) is 30.1. The number of aliphatic imine (C=N–C) groups is 1. The van der Waals surface area contributed by atoms with Crippen molar-refractivity contribution in [2.24, 2.45) is 10.9 Å². The van der Waals surface area contributed by atoms with Gasteiger partial charge in [0.1, 0.15) is 30.5 Å². The van der Waals surface area contributed by atoms with Crippen molar-refractivity contribution < 1.29 is 47.2 Å². The van der Waals surface area contributed by atoms with Crippen molar-refractivity contribution in [1.82, 2.24) is 25.8 Å². The molecule has 0 aromatic heterocycles. The summed E-state index contributed by atoms with van der Waals surface area (Å²) in [5.74, 6) is 1.09. The molecule has 3 aliphatic heterocycles. The second-order valence-corrected chi connectivity index (χ2v) is 26.1. The molecule has 0 bridgehead atoms. The summed E-state index contributed by atoms with van der Waals surface area (Å²) in [5.41, 5.74) is 7.61. The van der Waals surface area contributed by atoms with Crippen LogP contribution in [0.3, 0.4) is 0 Å². The van der Waals surface area contributed by atoms with Gasteiger partial charge in [0.15, 0.2) is 8.32 Å². The molecular formula is C57H87N7O10Si. The minimum atomic E-state index is -1.99. The van der Waals surface area contributed by atoms with E-state index >= 15 is 0 Å². The summed E-state index contributed by atoms with van der Waals surface area (Å²) in [5, 5.41) is 12.8. The van der Waals surface area contributed by atoms with Crippen LogP contribution in [0.4, 0.5) is 15.3 Å². The van der Waals surface area contributed by atoms with Gasteiger partial charge in [0.2, 0.25) is 0 Å². The number of nitrogens with zero attached hydrogens (tertiary/aromatic N) is 3. The highest BCUT2D eigenvalue weighted by molar-refractivity contribution is 6.74. The van der Waals surface area contributed by atoms with Crippen LogP contribution in [0.5, 0.6) is 5.75 Å². The number of alkyl carbamates (subject to hydrolysis) is 1. The van der Waals surface area contributed by atoms with Crippen molar-refractivity contribution in [2.45, 2.75) is 137 Å². The van der Waals surface area contributed by atoms with Crippen LogP contribution in [0.15, 0.2) is 76.6 Å². The highest BCUT2D eigenvalue weighted by Crippen LogP contribution is 2.50. The number of allylic oxidation sites excluding steroid dienone is 3. The van der Waals surface area contributed by atoms with Crippen LogP contribution in [-0.2, 0) is 28.1 Å². The molecule has 0 saturated carbocycles. The number of aryl methyl sites for hydroxylation is 1. The first-order valence-electron chi connectivity index (χ1n) is 27.2. The number of hydrogen-bond donors (Lipinski definition) is 4. The summed E-state index contributed by atoms with van der Waals surface area (Å²) >= 11 is 0. The quantitative estimate of drug-likeness (QED) is 0.0493. The topological polar surface area (TPSA) is 183 Å². The lowest BCUT2D eigenvalue weighted by atomic mass is 9.73. The Balaban J connectivity index is 0.815. The number of amides is 4. The average molecular weight is 1060 g/mol. The molecule has 6 rings (SSSR count). The fourth-order valence-corrected chi connectivity index (χ4v) is 10.9. The van der Waals surface area contributed by atoms with E-state index in [9.17, 15) is 14.4 Å². The molecule has 4 aliphatic rings. The summed E-state index contributed by atoms with van der Waals surface area (Å²) in [6.07, 6.45) is 7.77. The number of ether oxygens (including phenoxy) is 6. The first-order chi connectivity index (χ1) is 35.9. The van der Waals surface area contributed by atoms with E-state index < -0.39 is 14.4 Å². The van der Waals surface area contributed by atoms with Crippen LogP contribution in [0.2, 0.25) is 18.1 Å². The van der Waals surface area contributed by atoms with Crippen LogP contribution >= 0.6 is 0 Å². The summed E-state index contributed by atoms with van der Waals surface area (Å²) < 4.78 is 42.2. The zero-order valence-electron chi connectivity index (χ0n) is 46.9. The van der Waals surface area contributed by atoms with Gasteiger partial charge in [-0.25, -0.2) is 9.59 Å². The standard InChI is InChI=1S/C57H87N7O10Si/c1-13-47-50(74-75(11,12)57(7,8)9)36-51(73-47)64-37-40(6)53(62-55(64)66)60-22-18-25-68-28-30-70-31-29-69-26-19-23-61-56(67)71-27-24-63(10)54(65)42-21-17-16-20-41(42)52-43-32-38(4)45(58-14-2)34-48(43)72-49-35-46(59-15-3)39(5)33-44(49)52/h16-17,20-21,32-35,37,43,47,50-53,59-60H,13-15,18-19,22-31,36H2,1-12H3,(H,61,67)(H,62,66)/b58-45-. The Labute approximate surface area is 447 Å². The van der Waals surface area contributed by atoms with Gasteiger partial charge in [0, 0.05) is 93.3 Å². The normalized spacial score (nSPS) is 22.1. The van der Waals surface area contributed by atoms with Gasteiger partial charge in [-0.3, -0.25) is 20.0 Å². The number of hydrogen-bond acceptors (Lipinski definition) is 13. The molecule has 6 atom stereocenters. The highest BCUT2D eigenvalue weighted by Gasteiger charge is 2.47. The van der Waals surface area contributed by atoms with Crippen LogP contribution in [0.25, 0.3) is 0 Å². The van der Waals surface area contributed by atoms with Crippen LogP contribution in [-0.4, -0.2) is 152 Å². The second-order valence-electron chi connectivity index (χ2n) is 21.3. The lowest BCUT2D eigenvalue weighted by Crippen LogP contribution is -2.56. The van der Waals surface area contributed by atoms with E-state index in [2.05, 4.69) is 101 Å². The summed E-state index contributed by atoms with van der Waals surface area (Å²) in [4.78, 5) is 47.9. The van der Waals surface area contributed by atoms with E-state index in [4.69, 9.17) is 37.8 Å². The Bertz CT molecular complexity index is 2380. The Morgan fingerprint density at radius 3 is 2.31 bits per heavy atom. The van der Waals surface area contributed by atoms with E-state index in [0.717, 1.165) is 70.1 Å². The predicted molar refractivity (Wildman–Crippen MR) is 297 cm³/mol. The second kappa shape index (κ2) is 27.8. The molecule has 75 heavy (non-hydrogen) atoms. The summed E-state index contributed by atoms with van der Waals surface area (Å²) in [6.45, 7) is 29.1. The molecule has 2 aromatic carbocycles. The van der Waals surface area contributed by atoms with Gasteiger partial charge in [-0.05, 0) is 113 Å². The van der Waals surface area contributed by atoms with Gasteiger partial charge in [0.25, 0.3) is 5.91 Å². The van der Waals surface area contributed by atoms with Gasteiger partial charge in [-0.15, -0.1) is 0 Å². The molecule has 6 unspecified atom stereocenters. The Kier molecular flexibility index (Phi) is 21.9. The van der Waals surface area contributed by atoms with Gasteiger partial charge >= 0.3 is 12.1 Å². The molecule has 4 amide bonds. The predicted octanol–water partition coefficient (Wildman–Crippen LogP) is 9.26. The maximum Gasteiger partial charge on any atom is 0.407 e. The Morgan fingerprint density at radius 1 is 0.933 bits per heavy atom. The van der Waals surface area contributed by atoms with E-state index in [-0.39, 0.29) is 66.6 Å². The summed E-state index contributed by atoms with van der Waals surface area (Å²) in [7, 11) is -0.264. The van der Waals surface area contributed by atoms with Crippen molar-refractivity contribution in [3.8, 4) is 5.75 Å². The van der Waals surface area contributed by atoms with Crippen molar-refractivity contribution >= 4 is 37.7 Å². The zero-order chi connectivity index (χ0) is 54.3. The number of carbonyl (C=O) groups excluding carboxylic acids is 3. The van der Waals surface area contributed by atoms with Crippen molar-refractivity contribution in [1.29, 1.82) is 0 Å². The third kappa shape index (κ3) is 15.8. The minimum absolute atomic E-state index is 0.0318. The van der Waals surface area contributed by atoms with E-state index in [0.29, 0.717) is 77.7 Å². The Morgan fingerprint density at radius 2 is 1.63 bits per heavy atom. The molecule has 17 nitrogen and oxygen atoms in total. The van der Waals surface area contributed by atoms with Gasteiger partial charge in [-0.1, -0.05) is 52.0 Å². The Hall–Kier alpha value is -5.08. The molecule has 3 heterocycles. The van der Waals surface area contributed by atoms with E-state index in [1.54, 1.807) is 16.8 Å². The number of benzene rings is 2. The van der Waals surface area contributed by atoms with Crippen molar-refractivity contribution in [3.05, 3.63) is 93.9 Å².